The fraction of sp³-hybridized carbons (Fsp3) is 0.0667. The lowest BCUT2D eigenvalue weighted by atomic mass is 10.3. The van der Waals surface area contributed by atoms with Crippen molar-refractivity contribution in [3.63, 3.8) is 0 Å². The second kappa shape index (κ2) is 6.67. The lowest BCUT2D eigenvalue weighted by Gasteiger charge is -1.99. The Kier molecular flexibility index (Phi) is 4.56. The molecule has 0 aliphatic heterocycles. The van der Waals surface area contributed by atoms with Gasteiger partial charge in [-0.2, -0.15) is 0 Å². The van der Waals surface area contributed by atoms with Crippen molar-refractivity contribution in [1.82, 2.24) is 0 Å². The third kappa shape index (κ3) is 4.26. The monoisotopic (exact) mass is 240 g/mol. The molecule has 17 heavy (non-hydrogen) atoms. The van der Waals surface area contributed by atoms with E-state index in [9.17, 15) is 0 Å². The van der Waals surface area contributed by atoms with Crippen LogP contribution in [-0.2, 0) is 0 Å². The fourth-order valence-electron chi connectivity index (χ4n) is 1.25. The van der Waals surface area contributed by atoms with Gasteiger partial charge in [0, 0.05) is 4.90 Å². The third-order valence-corrected chi connectivity index (χ3v) is 2.79. The quantitative estimate of drug-likeness (QED) is 0.596. The van der Waals surface area contributed by atoms with Gasteiger partial charge >= 0.3 is 0 Å². The minimum atomic E-state index is 0.420. The Hall–Kier alpha value is -1.85. The van der Waals surface area contributed by atoms with E-state index in [1.165, 1.54) is 11.8 Å². The SMILES string of the molecule is C(#CSc1ccccc1)COc1ccccc1. The summed E-state index contributed by atoms with van der Waals surface area (Å²) >= 11 is 1.51. The van der Waals surface area contributed by atoms with E-state index in [2.05, 4.69) is 11.2 Å². The highest BCUT2D eigenvalue weighted by Crippen LogP contribution is 2.14. The number of rotatable bonds is 3. The molecule has 0 saturated heterocycles. The molecule has 0 unspecified atom stereocenters. The van der Waals surface area contributed by atoms with Gasteiger partial charge in [-0.25, -0.2) is 0 Å². The molecular formula is C15H12OS. The molecule has 0 atom stereocenters. The van der Waals surface area contributed by atoms with Crippen molar-refractivity contribution in [1.29, 1.82) is 0 Å². The van der Waals surface area contributed by atoms with Crippen molar-refractivity contribution in [2.75, 3.05) is 6.61 Å². The highest BCUT2D eigenvalue weighted by Gasteiger charge is 1.88. The fourth-order valence-corrected chi connectivity index (χ4v) is 1.79. The van der Waals surface area contributed by atoms with E-state index in [-0.39, 0.29) is 0 Å². The first-order valence-corrected chi connectivity index (χ1v) is 6.14. The Bertz CT molecular complexity index is 497. The minimum Gasteiger partial charge on any atom is -0.481 e. The van der Waals surface area contributed by atoms with Crippen LogP contribution in [0.1, 0.15) is 0 Å². The number of ether oxygens (including phenoxy) is 1. The summed E-state index contributed by atoms with van der Waals surface area (Å²) in [7, 11) is 0. The summed E-state index contributed by atoms with van der Waals surface area (Å²) in [4.78, 5) is 1.15. The number of thioether (sulfide) groups is 1. The van der Waals surface area contributed by atoms with Crippen LogP contribution in [0.25, 0.3) is 0 Å². The summed E-state index contributed by atoms with van der Waals surface area (Å²) in [5.74, 6) is 3.83. The van der Waals surface area contributed by atoms with Crippen LogP contribution >= 0.6 is 11.8 Å². The Morgan fingerprint density at radius 1 is 0.882 bits per heavy atom. The normalized spacial score (nSPS) is 9.18. The lowest BCUT2D eigenvalue weighted by Crippen LogP contribution is -1.92. The highest BCUT2D eigenvalue weighted by molar-refractivity contribution is 8.03. The van der Waals surface area contributed by atoms with E-state index in [4.69, 9.17) is 4.74 Å². The first kappa shape index (κ1) is 11.6. The summed E-state index contributed by atoms with van der Waals surface area (Å²) in [5, 5.41) is 3.01. The zero-order valence-corrected chi connectivity index (χ0v) is 10.1. The summed E-state index contributed by atoms with van der Waals surface area (Å²) in [6.45, 7) is 0.420. The second-order valence-electron chi connectivity index (χ2n) is 3.30. The van der Waals surface area contributed by atoms with Crippen molar-refractivity contribution < 1.29 is 4.74 Å². The van der Waals surface area contributed by atoms with E-state index in [0.29, 0.717) is 6.61 Å². The molecule has 1 nitrogen and oxygen atoms in total. The van der Waals surface area contributed by atoms with Crippen molar-refractivity contribution in [2.45, 2.75) is 4.90 Å². The van der Waals surface area contributed by atoms with E-state index in [1.807, 2.05) is 60.7 Å². The molecule has 0 saturated carbocycles. The Morgan fingerprint density at radius 2 is 1.53 bits per heavy atom. The topological polar surface area (TPSA) is 9.23 Å². The number of hydrogen-bond donors (Lipinski definition) is 0. The van der Waals surface area contributed by atoms with Crippen molar-refractivity contribution >= 4 is 11.8 Å². The number of benzene rings is 2. The van der Waals surface area contributed by atoms with Gasteiger partial charge in [0.2, 0.25) is 0 Å². The summed E-state index contributed by atoms with van der Waals surface area (Å²) in [5.41, 5.74) is 0. The van der Waals surface area contributed by atoms with Crippen LogP contribution in [0, 0.1) is 11.2 Å². The maximum absolute atomic E-state index is 5.46. The van der Waals surface area contributed by atoms with Crippen LogP contribution < -0.4 is 4.74 Å². The standard InChI is InChI=1S/C15H12OS/c1-3-8-14(9-4-1)16-12-7-13-17-15-10-5-2-6-11-15/h1-6,8-11H,12H2. The smallest absolute Gasteiger partial charge is 0.149 e. The van der Waals surface area contributed by atoms with Gasteiger partial charge in [0.1, 0.15) is 12.4 Å². The highest BCUT2D eigenvalue weighted by atomic mass is 32.2. The first-order valence-electron chi connectivity index (χ1n) is 5.33. The molecule has 0 amide bonds. The lowest BCUT2D eigenvalue weighted by molar-refractivity contribution is 0.370. The Labute approximate surface area is 106 Å². The van der Waals surface area contributed by atoms with Gasteiger partial charge in [-0.1, -0.05) is 36.4 Å². The van der Waals surface area contributed by atoms with Crippen molar-refractivity contribution in [2.24, 2.45) is 0 Å². The predicted molar refractivity (Wildman–Crippen MR) is 72.0 cm³/mol. The van der Waals surface area contributed by atoms with Gasteiger partial charge < -0.3 is 4.74 Å². The first-order chi connectivity index (χ1) is 8.45. The zero-order chi connectivity index (χ0) is 11.8. The molecule has 0 N–H and O–H groups in total. The van der Waals surface area contributed by atoms with Gasteiger partial charge in [0.15, 0.2) is 0 Å². The van der Waals surface area contributed by atoms with Crippen molar-refractivity contribution in [3.05, 3.63) is 60.7 Å². The van der Waals surface area contributed by atoms with Gasteiger partial charge in [0.25, 0.3) is 0 Å². The molecule has 2 rings (SSSR count). The molecule has 0 aromatic heterocycles. The predicted octanol–water partition coefficient (Wildman–Crippen LogP) is 3.82. The Morgan fingerprint density at radius 3 is 2.24 bits per heavy atom. The molecule has 2 heteroatoms. The zero-order valence-electron chi connectivity index (χ0n) is 9.30. The van der Waals surface area contributed by atoms with Crippen LogP contribution in [0.3, 0.4) is 0 Å². The van der Waals surface area contributed by atoms with Crippen LogP contribution in [0.5, 0.6) is 5.75 Å². The van der Waals surface area contributed by atoms with Gasteiger partial charge in [-0.05, 0) is 47.2 Å². The van der Waals surface area contributed by atoms with Crippen LogP contribution in [-0.4, -0.2) is 6.61 Å². The molecule has 2 aromatic carbocycles. The maximum atomic E-state index is 5.46. The summed E-state index contributed by atoms with van der Waals surface area (Å²) in [6.07, 6.45) is 0. The maximum Gasteiger partial charge on any atom is 0.149 e. The molecule has 2 aromatic rings. The molecule has 0 spiro atoms. The van der Waals surface area contributed by atoms with Crippen molar-refractivity contribution in [3.8, 4) is 16.9 Å². The number of para-hydroxylation sites is 1. The van der Waals surface area contributed by atoms with Gasteiger partial charge in [-0.3, -0.25) is 0 Å². The molecule has 0 fully saturated rings. The molecule has 0 aliphatic rings. The van der Waals surface area contributed by atoms with Crippen LogP contribution in [0.2, 0.25) is 0 Å². The third-order valence-electron chi connectivity index (χ3n) is 2.04. The van der Waals surface area contributed by atoms with Crippen LogP contribution in [0.4, 0.5) is 0 Å². The summed E-state index contributed by atoms with van der Waals surface area (Å²) in [6, 6.07) is 19.8. The molecule has 0 aliphatic carbocycles. The molecule has 0 bridgehead atoms. The Balaban J connectivity index is 1.76. The average Bonchev–Trinajstić information content (AvgIpc) is 2.41. The summed E-state index contributed by atoms with van der Waals surface area (Å²) < 4.78 is 5.46. The molecule has 0 radical (unpaired) electrons. The van der Waals surface area contributed by atoms with E-state index in [1.54, 1.807) is 0 Å². The minimum absolute atomic E-state index is 0.420. The average molecular weight is 240 g/mol. The van der Waals surface area contributed by atoms with Crippen LogP contribution in [0.15, 0.2) is 65.6 Å². The van der Waals surface area contributed by atoms with E-state index in [0.717, 1.165) is 10.6 Å². The number of hydrogen-bond acceptors (Lipinski definition) is 2. The molecular weight excluding hydrogens is 228 g/mol. The molecule has 84 valence electrons. The van der Waals surface area contributed by atoms with Gasteiger partial charge in [-0.15, -0.1) is 0 Å². The van der Waals surface area contributed by atoms with E-state index < -0.39 is 0 Å². The second-order valence-corrected chi connectivity index (χ2v) is 4.18. The van der Waals surface area contributed by atoms with Gasteiger partial charge in [0.05, 0.1) is 0 Å². The molecule has 0 heterocycles. The largest absolute Gasteiger partial charge is 0.481 e. The van der Waals surface area contributed by atoms with E-state index >= 15 is 0 Å².